The minimum absolute atomic E-state index is 0. The zero-order valence-corrected chi connectivity index (χ0v) is 14.9. The van der Waals surface area contributed by atoms with Gasteiger partial charge in [0.1, 0.15) is 0 Å². The van der Waals surface area contributed by atoms with Crippen LogP contribution < -0.4 is 16.0 Å². The fourth-order valence-electron chi connectivity index (χ4n) is 2.73. The first-order valence-electron chi connectivity index (χ1n) is 8.12. The number of hydrogen-bond donors (Lipinski definition) is 3. The van der Waals surface area contributed by atoms with Gasteiger partial charge in [-0.3, -0.25) is 9.59 Å². The average molecular weight is 360 g/mol. The first kappa shape index (κ1) is 19.0. The van der Waals surface area contributed by atoms with Crippen molar-refractivity contribution >= 4 is 29.9 Å². The zero-order valence-electron chi connectivity index (χ0n) is 14.0. The molecule has 0 bridgehead atoms. The molecular formula is C19H22ClN3O2. The van der Waals surface area contributed by atoms with Crippen molar-refractivity contribution in [1.82, 2.24) is 10.6 Å². The van der Waals surface area contributed by atoms with Crippen LogP contribution in [0.5, 0.6) is 0 Å². The summed E-state index contributed by atoms with van der Waals surface area (Å²) in [6.07, 6.45) is 0.940. The van der Waals surface area contributed by atoms with E-state index in [4.69, 9.17) is 0 Å². The van der Waals surface area contributed by atoms with Crippen molar-refractivity contribution in [2.45, 2.75) is 19.4 Å². The van der Waals surface area contributed by atoms with E-state index in [0.717, 1.165) is 25.1 Å². The predicted molar refractivity (Wildman–Crippen MR) is 102 cm³/mol. The molecule has 2 aromatic rings. The lowest BCUT2D eigenvalue weighted by atomic mass is 10.1. The molecule has 1 heterocycles. The number of nitrogens with one attached hydrogen (secondary N) is 3. The van der Waals surface area contributed by atoms with Gasteiger partial charge < -0.3 is 16.0 Å². The minimum atomic E-state index is -0.184. The van der Waals surface area contributed by atoms with E-state index in [1.165, 1.54) is 0 Å². The highest BCUT2D eigenvalue weighted by Crippen LogP contribution is 2.18. The van der Waals surface area contributed by atoms with Crippen molar-refractivity contribution in [3.05, 3.63) is 65.2 Å². The molecule has 1 atom stereocenters. The van der Waals surface area contributed by atoms with Crippen LogP contribution in [0.15, 0.2) is 48.5 Å². The molecule has 0 saturated carbocycles. The summed E-state index contributed by atoms with van der Waals surface area (Å²) < 4.78 is 0. The second kappa shape index (κ2) is 8.65. The summed E-state index contributed by atoms with van der Waals surface area (Å²) in [6, 6.07) is 14.6. The maximum absolute atomic E-state index is 12.4. The topological polar surface area (TPSA) is 70.2 Å². The maximum Gasteiger partial charge on any atom is 0.255 e. The predicted octanol–water partition coefficient (Wildman–Crippen LogP) is 2.76. The molecule has 5 nitrogen and oxygen atoms in total. The third-order valence-electron chi connectivity index (χ3n) is 4.18. The lowest BCUT2D eigenvalue weighted by molar-refractivity contribution is 0.0939. The van der Waals surface area contributed by atoms with Gasteiger partial charge in [0, 0.05) is 29.4 Å². The van der Waals surface area contributed by atoms with Gasteiger partial charge in [-0.15, -0.1) is 12.4 Å². The third kappa shape index (κ3) is 4.81. The Balaban J connectivity index is 0.00000225. The van der Waals surface area contributed by atoms with Gasteiger partial charge in [-0.2, -0.15) is 0 Å². The van der Waals surface area contributed by atoms with Crippen molar-refractivity contribution in [2.24, 2.45) is 0 Å². The standard InChI is InChI=1S/C19H21N3O2.ClH/c1-13-7-8-15(19(24)21-16-9-10-20-12-16)11-17(13)22-18(23)14-5-3-2-4-6-14;/h2-8,11,16,20H,9-10,12H2,1H3,(H,21,24)(H,22,23);1H. The van der Waals surface area contributed by atoms with Crippen LogP contribution in [-0.4, -0.2) is 30.9 Å². The van der Waals surface area contributed by atoms with Crippen LogP contribution in [0.25, 0.3) is 0 Å². The summed E-state index contributed by atoms with van der Waals surface area (Å²) in [4.78, 5) is 24.7. The Morgan fingerprint density at radius 1 is 1.04 bits per heavy atom. The first-order valence-corrected chi connectivity index (χ1v) is 8.12. The number of carbonyl (C=O) groups is 2. The van der Waals surface area contributed by atoms with Crippen molar-refractivity contribution in [3.8, 4) is 0 Å². The lowest BCUT2D eigenvalue weighted by Crippen LogP contribution is -2.36. The van der Waals surface area contributed by atoms with E-state index >= 15 is 0 Å². The fourth-order valence-corrected chi connectivity index (χ4v) is 2.73. The van der Waals surface area contributed by atoms with Crippen LogP contribution in [0, 0.1) is 6.92 Å². The second-order valence-corrected chi connectivity index (χ2v) is 6.01. The van der Waals surface area contributed by atoms with Gasteiger partial charge in [0.05, 0.1) is 0 Å². The molecule has 2 aromatic carbocycles. The summed E-state index contributed by atoms with van der Waals surface area (Å²) in [5.74, 6) is -0.296. The number of amides is 2. The molecule has 1 aliphatic rings. The van der Waals surface area contributed by atoms with Gasteiger partial charge in [0.15, 0.2) is 0 Å². The zero-order chi connectivity index (χ0) is 16.9. The van der Waals surface area contributed by atoms with E-state index in [-0.39, 0.29) is 30.3 Å². The first-order chi connectivity index (χ1) is 11.6. The largest absolute Gasteiger partial charge is 0.348 e. The Labute approximate surface area is 153 Å². The summed E-state index contributed by atoms with van der Waals surface area (Å²) in [5.41, 5.74) is 2.71. The minimum Gasteiger partial charge on any atom is -0.348 e. The van der Waals surface area contributed by atoms with Gasteiger partial charge in [0.25, 0.3) is 11.8 Å². The van der Waals surface area contributed by atoms with Crippen molar-refractivity contribution in [1.29, 1.82) is 0 Å². The van der Waals surface area contributed by atoms with Crippen LogP contribution in [0.3, 0.4) is 0 Å². The van der Waals surface area contributed by atoms with Gasteiger partial charge in [-0.05, 0) is 49.7 Å². The summed E-state index contributed by atoms with van der Waals surface area (Å²) in [6.45, 7) is 3.63. The average Bonchev–Trinajstić information content (AvgIpc) is 3.10. The van der Waals surface area contributed by atoms with Crippen LogP contribution in [0.2, 0.25) is 0 Å². The number of aryl methyl sites for hydroxylation is 1. The third-order valence-corrected chi connectivity index (χ3v) is 4.18. The second-order valence-electron chi connectivity index (χ2n) is 6.01. The van der Waals surface area contributed by atoms with E-state index in [0.29, 0.717) is 16.8 Å². The number of carbonyl (C=O) groups excluding carboxylic acids is 2. The molecule has 6 heteroatoms. The fraction of sp³-hybridized carbons (Fsp3) is 0.263. The van der Waals surface area contributed by atoms with Gasteiger partial charge in [-0.1, -0.05) is 24.3 Å². The van der Waals surface area contributed by atoms with E-state index in [1.807, 2.05) is 31.2 Å². The Kier molecular flexibility index (Phi) is 6.56. The van der Waals surface area contributed by atoms with E-state index in [9.17, 15) is 9.59 Å². The molecule has 1 saturated heterocycles. The van der Waals surface area contributed by atoms with Gasteiger partial charge in [-0.25, -0.2) is 0 Å². The Bertz CT molecular complexity index is 744. The number of anilines is 1. The smallest absolute Gasteiger partial charge is 0.255 e. The highest BCUT2D eigenvalue weighted by Gasteiger charge is 2.18. The van der Waals surface area contributed by atoms with Crippen LogP contribution in [0.4, 0.5) is 5.69 Å². The van der Waals surface area contributed by atoms with Crippen LogP contribution >= 0.6 is 12.4 Å². The molecule has 25 heavy (non-hydrogen) atoms. The molecule has 3 rings (SSSR count). The van der Waals surface area contributed by atoms with E-state index in [2.05, 4.69) is 16.0 Å². The lowest BCUT2D eigenvalue weighted by Gasteiger charge is -2.14. The molecule has 1 fully saturated rings. The molecule has 0 radical (unpaired) electrons. The molecule has 3 N–H and O–H groups in total. The Morgan fingerprint density at radius 3 is 2.48 bits per heavy atom. The highest BCUT2D eigenvalue weighted by molar-refractivity contribution is 6.05. The van der Waals surface area contributed by atoms with E-state index in [1.54, 1.807) is 24.3 Å². The molecule has 1 unspecified atom stereocenters. The monoisotopic (exact) mass is 359 g/mol. The number of rotatable bonds is 4. The highest BCUT2D eigenvalue weighted by atomic mass is 35.5. The van der Waals surface area contributed by atoms with E-state index < -0.39 is 0 Å². The quantitative estimate of drug-likeness (QED) is 0.786. The molecule has 1 aliphatic heterocycles. The van der Waals surface area contributed by atoms with Crippen molar-refractivity contribution < 1.29 is 9.59 Å². The molecular weight excluding hydrogens is 338 g/mol. The molecule has 0 aromatic heterocycles. The normalized spacial score (nSPS) is 16.0. The van der Waals surface area contributed by atoms with Gasteiger partial charge >= 0.3 is 0 Å². The Morgan fingerprint density at radius 2 is 1.80 bits per heavy atom. The molecule has 132 valence electrons. The summed E-state index contributed by atoms with van der Waals surface area (Å²) in [5, 5.41) is 9.12. The summed E-state index contributed by atoms with van der Waals surface area (Å²) >= 11 is 0. The van der Waals surface area contributed by atoms with Gasteiger partial charge in [0.2, 0.25) is 0 Å². The molecule has 0 aliphatic carbocycles. The van der Waals surface area contributed by atoms with Crippen LogP contribution in [0.1, 0.15) is 32.7 Å². The maximum atomic E-state index is 12.4. The van der Waals surface area contributed by atoms with Crippen LogP contribution in [-0.2, 0) is 0 Å². The number of halogens is 1. The Hall–Kier alpha value is -2.37. The number of hydrogen-bond acceptors (Lipinski definition) is 3. The van der Waals surface area contributed by atoms with Crippen molar-refractivity contribution in [3.63, 3.8) is 0 Å². The SMILES string of the molecule is Cc1ccc(C(=O)NC2CCNC2)cc1NC(=O)c1ccccc1.Cl. The molecule has 0 spiro atoms. The number of benzene rings is 2. The molecule has 2 amide bonds. The van der Waals surface area contributed by atoms with Crippen molar-refractivity contribution in [2.75, 3.05) is 18.4 Å². The summed E-state index contributed by atoms with van der Waals surface area (Å²) in [7, 11) is 0.